The zero-order chi connectivity index (χ0) is 19.8. The first kappa shape index (κ1) is 18.3. The molecule has 1 fully saturated rings. The second kappa shape index (κ2) is 7.57. The SMILES string of the molecule is O=C(C1COc2ccccc2O1)N1CCN(Cc2cn3cc(Cl)ccc3n2)CC1. The summed E-state index contributed by atoms with van der Waals surface area (Å²) >= 11 is 6.04. The number of fused-ring (bicyclic) bond motifs is 2. The number of carbonyl (C=O) groups is 1. The molecule has 0 spiro atoms. The Hall–Kier alpha value is -2.77. The first-order chi connectivity index (χ1) is 14.2. The first-order valence-electron chi connectivity index (χ1n) is 9.68. The Balaban J connectivity index is 1.17. The van der Waals surface area contributed by atoms with Crippen LogP contribution in [-0.4, -0.2) is 64.0 Å². The van der Waals surface area contributed by atoms with Crippen molar-refractivity contribution in [2.24, 2.45) is 0 Å². The number of hydrogen-bond acceptors (Lipinski definition) is 5. The van der Waals surface area contributed by atoms with Crippen LogP contribution in [0.3, 0.4) is 0 Å². The minimum absolute atomic E-state index is 0.0125. The van der Waals surface area contributed by atoms with Gasteiger partial charge >= 0.3 is 0 Å². The van der Waals surface area contributed by atoms with Gasteiger partial charge in [-0.05, 0) is 24.3 Å². The molecule has 5 rings (SSSR count). The Morgan fingerprint density at radius 2 is 1.86 bits per heavy atom. The molecule has 4 heterocycles. The van der Waals surface area contributed by atoms with Gasteiger partial charge in [0.1, 0.15) is 12.3 Å². The fourth-order valence-electron chi connectivity index (χ4n) is 3.79. The highest BCUT2D eigenvalue weighted by molar-refractivity contribution is 6.30. The van der Waals surface area contributed by atoms with Crippen LogP contribution in [0.5, 0.6) is 11.5 Å². The number of aromatic nitrogens is 2. The maximum absolute atomic E-state index is 12.9. The topological polar surface area (TPSA) is 59.3 Å². The van der Waals surface area contributed by atoms with E-state index in [-0.39, 0.29) is 12.5 Å². The normalized spacial score (nSPS) is 19.5. The predicted octanol–water partition coefficient (Wildman–Crippen LogP) is 2.47. The van der Waals surface area contributed by atoms with Gasteiger partial charge in [0.2, 0.25) is 6.10 Å². The molecule has 29 heavy (non-hydrogen) atoms. The molecule has 3 aromatic rings. The van der Waals surface area contributed by atoms with Gasteiger partial charge in [-0.15, -0.1) is 0 Å². The van der Waals surface area contributed by atoms with Crippen molar-refractivity contribution in [1.82, 2.24) is 19.2 Å². The highest BCUT2D eigenvalue weighted by atomic mass is 35.5. The number of halogens is 1. The number of benzene rings is 1. The fraction of sp³-hybridized carbons (Fsp3) is 0.333. The van der Waals surface area contributed by atoms with Crippen LogP contribution in [0.4, 0.5) is 0 Å². The molecule has 8 heteroatoms. The van der Waals surface area contributed by atoms with Gasteiger partial charge in [0, 0.05) is 45.1 Å². The van der Waals surface area contributed by atoms with Gasteiger partial charge in [0.15, 0.2) is 11.5 Å². The number of hydrogen-bond donors (Lipinski definition) is 0. The summed E-state index contributed by atoms with van der Waals surface area (Å²) in [6, 6.07) is 11.2. The third-order valence-electron chi connectivity index (χ3n) is 5.32. The maximum Gasteiger partial charge on any atom is 0.267 e. The summed E-state index contributed by atoms with van der Waals surface area (Å²) < 4.78 is 13.5. The number of carbonyl (C=O) groups excluding carboxylic acids is 1. The summed E-state index contributed by atoms with van der Waals surface area (Å²) in [5.74, 6) is 1.30. The summed E-state index contributed by atoms with van der Waals surface area (Å²) in [5, 5.41) is 0.685. The molecule has 1 aromatic carbocycles. The van der Waals surface area contributed by atoms with Crippen molar-refractivity contribution in [2.45, 2.75) is 12.6 Å². The highest BCUT2D eigenvalue weighted by Crippen LogP contribution is 2.31. The zero-order valence-corrected chi connectivity index (χ0v) is 16.6. The van der Waals surface area contributed by atoms with Gasteiger partial charge in [0.25, 0.3) is 5.91 Å². The van der Waals surface area contributed by atoms with Crippen molar-refractivity contribution in [3.05, 3.63) is 59.5 Å². The highest BCUT2D eigenvalue weighted by Gasteiger charge is 2.32. The summed E-state index contributed by atoms with van der Waals surface area (Å²) in [4.78, 5) is 21.7. The number of ether oxygens (including phenoxy) is 2. The molecule has 2 aliphatic heterocycles. The van der Waals surface area contributed by atoms with E-state index in [1.165, 1.54) is 0 Å². The number of para-hydroxylation sites is 2. The molecule has 1 unspecified atom stereocenters. The summed E-state index contributed by atoms with van der Waals surface area (Å²) in [6.07, 6.45) is 3.28. The van der Waals surface area contributed by atoms with Crippen LogP contribution in [0.15, 0.2) is 48.8 Å². The molecular formula is C21H21ClN4O3. The minimum atomic E-state index is -0.584. The average molecular weight is 413 g/mol. The number of pyridine rings is 1. The van der Waals surface area contributed by atoms with E-state index >= 15 is 0 Å². The summed E-state index contributed by atoms with van der Waals surface area (Å²) in [6.45, 7) is 3.92. The molecule has 0 bridgehead atoms. The van der Waals surface area contributed by atoms with E-state index in [9.17, 15) is 4.79 Å². The first-order valence-corrected chi connectivity index (χ1v) is 10.1. The van der Waals surface area contributed by atoms with Crippen LogP contribution >= 0.6 is 11.6 Å². The van der Waals surface area contributed by atoms with Crippen molar-refractivity contribution in [3.8, 4) is 11.5 Å². The molecule has 0 radical (unpaired) electrons. The fourth-order valence-corrected chi connectivity index (χ4v) is 3.96. The summed E-state index contributed by atoms with van der Waals surface area (Å²) in [7, 11) is 0. The monoisotopic (exact) mass is 412 g/mol. The molecule has 2 aromatic heterocycles. The molecule has 150 valence electrons. The van der Waals surface area contributed by atoms with E-state index in [1.807, 2.05) is 58.1 Å². The smallest absolute Gasteiger partial charge is 0.267 e. The predicted molar refractivity (Wildman–Crippen MR) is 108 cm³/mol. The van der Waals surface area contributed by atoms with Gasteiger partial charge in [-0.25, -0.2) is 4.98 Å². The van der Waals surface area contributed by atoms with Crippen molar-refractivity contribution in [3.63, 3.8) is 0 Å². The average Bonchev–Trinajstić information content (AvgIpc) is 3.14. The van der Waals surface area contributed by atoms with Gasteiger partial charge in [0.05, 0.1) is 10.7 Å². The van der Waals surface area contributed by atoms with Crippen molar-refractivity contribution in [2.75, 3.05) is 32.8 Å². The molecule has 1 saturated heterocycles. The van der Waals surface area contributed by atoms with Crippen LogP contribution in [0.2, 0.25) is 5.02 Å². The number of imidazole rings is 1. The quantitative estimate of drug-likeness (QED) is 0.661. The second-order valence-electron chi connectivity index (χ2n) is 7.31. The van der Waals surface area contributed by atoms with E-state index in [0.29, 0.717) is 29.6 Å². The van der Waals surface area contributed by atoms with Crippen molar-refractivity contribution in [1.29, 1.82) is 0 Å². The Bertz CT molecular complexity index is 1050. The Morgan fingerprint density at radius 1 is 1.07 bits per heavy atom. The number of piperazine rings is 1. The van der Waals surface area contributed by atoms with Crippen LogP contribution in [0, 0.1) is 0 Å². The van der Waals surface area contributed by atoms with Crippen molar-refractivity contribution >= 4 is 23.2 Å². The molecular weight excluding hydrogens is 392 g/mol. The standard InChI is InChI=1S/C21H21ClN4O3/c22-15-5-6-20-23-16(13-26(20)11-15)12-24-7-9-25(10-8-24)21(27)19-14-28-17-3-1-2-4-18(17)29-19/h1-6,11,13,19H,7-10,12,14H2. The van der Waals surface area contributed by atoms with Gasteiger partial charge in [-0.3, -0.25) is 9.69 Å². The Morgan fingerprint density at radius 3 is 2.69 bits per heavy atom. The molecule has 0 aliphatic carbocycles. The number of rotatable bonds is 3. The van der Waals surface area contributed by atoms with E-state index in [0.717, 1.165) is 31.0 Å². The number of amides is 1. The number of nitrogens with zero attached hydrogens (tertiary/aromatic N) is 4. The largest absolute Gasteiger partial charge is 0.485 e. The third-order valence-corrected chi connectivity index (χ3v) is 5.54. The second-order valence-corrected chi connectivity index (χ2v) is 7.75. The van der Waals surface area contributed by atoms with Gasteiger partial charge < -0.3 is 18.8 Å². The van der Waals surface area contributed by atoms with E-state index < -0.39 is 6.10 Å². The Labute approximate surface area is 173 Å². The van der Waals surface area contributed by atoms with Crippen LogP contribution in [0.25, 0.3) is 5.65 Å². The summed E-state index contributed by atoms with van der Waals surface area (Å²) in [5.41, 5.74) is 1.88. The van der Waals surface area contributed by atoms with Gasteiger partial charge in [-0.2, -0.15) is 0 Å². The van der Waals surface area contributed by atoms with Crippen LogP contribution in [0.1, 0.15) is 5.69 Å². The van der Waals surface area contributed by atoms with E-state index in [2.05, 4.69) is 9.88 Å². The van der Waals surface area contributed by atoms with E-state index in [4.69, 9.17) is 21.1 Å². The minimum Gasteiger partial charge on any atom is -0.485 e. The third kappa shape index (κ3) is 3.75. The van der Waals surface area contributed by atoms with Crippen LogP contribution in [-0.2, 0) is 11.3 Å². The molecule has 0 N–H and O–H groups in total. The molecule has 2 aliphatic rings. The molecule has 7 nitrogen and oxygen atoms in total. The lowest BCUT2D eigenvalue weighted by atomic mass is 10.2. The maximum atomic E-state index is 12.9. The zero-order valence-electron chi connectivity index (χ0n) is 15.8. The molecule has 1 amide bonds. The molecule has 0 saturated carbocycles. The lowest BCUT2D eigenvalue weighted by Crippen LogP contribution is -2.53. The van der Waals surface area contributed by atoms with Crippen LogP contribution < -0.4 is 9.47 Å². The lowest BCUT2D eigenvalue weighted by molar-refractivity contribution is -0.143. The van der Waals surface area contributed by atoms with E-state index in [1.54, 1.807) is 0 Å². The molecule has 1 atom stereocenters. The van der Waals surface area contributed by atoms with Gasteiger partial charge in [-0.1, -0.05) is 23.7 Å². The Kier molecular flexibility index (Phi) is 4.77. The lowest BCUT2D eigenvalue weighted by Gasteiger charge is -2.36. The van der Waals surface area contributed by atoms with Crippen molar-refractivity contribution < 1.29 is 14.3 Å².